The highest BCUT2D eigenvalue weighted by Gasteiger charge is 2.24. The predicted octanol–water partition coefficient (Wildman–Crippen LogP) is 5.62. The Hall–Kier alpha value is -4.62. The van der Waals surface area contributed by atoms with Gasteiger partial charge in [-0.2, -0.15) is 4.98 Å². The second kappa shape index (κ2) is 13.6. The molecule has 0 aliphatic carbocycles. The van der Waals surface area contributed by atoms with Gasteiger partial charge in [0.1, 0.15) is 30.3 Å². The minimum Gasteiger partial charge on any atom is -0.497 e. The minimum atomic E-state index is -4.10. The molecule has 0 aliphatic rings. The highest BCUT2D eigenvalue weighted by Crippen LogP contribution is 2.40. The van der Waals surface area contributed by atoms with Crippen molar-refractivity contribution in [1.82, 2.24) is 20.3 Å². The molecule has 2 aromatic heterocycles. The molecule has 4 aromatic rings. The summed E-state index contributed by atoms with van der Waals surface area (Å²) in [6.45, 7) is 6.13. The van der Waals surface area contributed by atoms with Crippen LogP contribution in [0.2, 0.25) is 5.02 Å². The number of pyridine rings is 1. The van der Waals surface area contributed by atoms with Crippen LogP contribution < -0.4 is 29.6 Å². The first kappa shape index (κ1) is 31.3. The van der Waals surface area contributed by atoms with Gasteiger partial charge in [-0.1, -0.05) is 50.6 Å². The normalized spacial score (nSPS) is 11.4. The number of sulfonamides is 1. The number of rotatable bonds is 11. The summed E-state index contributed by atoms with van der Waals surface area (Å²) in [5.41, 5.74) is 0.822. The van der Waals surface area contributed by atoms with Crippen molar-refractivity contribution in [1.29, 1.82) is 0 Å². The zero-order valence-electron chi connectivity index (χ0n) is 23.9. The van der Waals surface area contributed by atoms with E-state index in [4.69, 9.17) is 25.8 Å². The molecular weight excluding hydrogens is 596 g/mol. The third kappa shape index (κ3) is 8.46. The number of aromatic nitrogens is 3. The van der Waals surface area contributed by atoms with Crippen LogP contribution in [0, 0.1) is 0 Å². The number of halogens is 1. The molecule has 0 aliphatic heterocycles. The molecule has 0 radical (unpaired) electrons. The summed E-state index contributed by atoms with van der Waals surface area (Å²) in [4.78, 5) is 24.5. The van der Waals surface area contributed by atoms with E-state index < -0.39 is 16.1 Å². The van der Waals surface area contributed by atoms with E-state index in [0.717, 1.165) is 11.9 Å². The first-order valence-electron chi connectivity index (χ1n) is 13.0. The van der Waals surface area contributed by atoms with E-state index in [1.807, 2.05) is 20.8 Å². The molecule has 2 aromatic carbocycles. The van der Waals surface area contributed by atoms with Gasteiger partial charge >= 0.3 is 6.03 Å². The van der Waals surface area contributed by atoms with Gasteiger partial charge in [0.15, 0.2) is 5.82 Å². The third-order valence-corrected chi connectivity index (χ3v) is 7.58. The summed E-state index contributed by atoms with van der Waals surface area (Å²) in [7, 11) is -2.62. The molecule has 0 saturated carbocycles. The second-order valence-electron chi connectivity index (χ2n) is 10.1. The first-order valence-corrected chi connectivity index (χ1v) is 14.9. The van der Waals surface area contributed by atoms with Crippen LogP contribution >= 0.6 is 11.6 Å². The molecule has 0 spiro atoms. The van der Waals surface area contributed by atoms with Gasteiger partial charge in [-0.3, -0.25) is 10.0 Å². The number of carbonyl (C=O) groups is 1. The number of nitrogens with zero attached hydrogens (tertiary/aromatic N) is 3. The number of methoxy groups -OCH3 is 1. The van der Waals surface area contributed by atoms with Crippen LogP contribution in [-0.2, 0) is 15.4 Å². The largest absolute Gasteiger partial charge is 0.497 e. The summed E-state index contributed by atoms with van der Waals surface area (Å²) >= 11 is 6.36. The average Bonchev–Trinajstić information content (AvgIpc) is 2.97. The highest BCUT2D eigenvalue weighted by atomic mass is 35.5. The van der Waals surface area contributed by atoms with Crippen molar-refractivity contribution in [3.8, 4) is 23.1 Å². The number of urea groups is 1. The molecule has 4 rings (SSSR count). The van der Waals surface area contributed by atoms with Crippen LogP contribution in [-0.4, -0.2) is 49.7 Å². The molecule has 0 fully saturated rings. The van der Waals surface area contributed by atoms with Crippen molar-refractivity contribution in [3.63, 3.8) is 0 Å². The quantitative estimate of drug-likeness (QED) is 0.180. The van der Waals surface area contributed by atoms with E-state index in [1.54, 1.807) is 48.7 Å². The van der Waals surface area contributed by atoms with E-state index in [-0.39, 0.29) is 51.7 Å². The second-order valence-corrected chi connectivity index (χ2v) is 12.2. The van der Waals surface area contributed by atoms with E-state index in [0.29, 0.717) is 11.6 Å². The number of hydrogen-bond acceptors (Lipinski definition) is 9. The standard InChI is InChI=1S/C29H31ClN6O6S/c1-29(2,3)19-8-11-21(12-9-19)43(38,39)36-26-25(42-23-17-20(40-4)10-13-22(23)30)27(34-18-33-26)41-16-15-32-28(37)35-24-7-5-6-14-31-24/h5-14,17-18H,15-16H2,1-4H3,(H,33,34,36)(H2,31,32,35,37). The van der Waals surface area contributed by atoms with Crippen LogP contribution in [0.25, 0.3) is 0 Å². The van der Waals surface area contributed by atoms with Gasteiger partial charge < -0.3 is 19.5 Å². The number of benzene rings is 2. The SMILES string of the molecule is COc1ccc(Cl)c(Oc2c(NS(=O)(=O)c3ccc(C(C)(C)C)cc3)ncnc2OCCNC(=O)Nc2ccccn2)c1. The molecule has 2 amide bonds. The lowest BCUT2D eigenvalue weighted by Gasteiger charge is -2.19. The van der Waals surface area contributed by atoms with Gasteiger partial charge in [0, 0.05) is 12.3 Å². The Balaban J connectivity index is 1.57. The Morgan fingerprint density at radius 1 is 1.00 bits per heavy atom. The Kier molecular flexibility index (Phi) is 9.88. The van der Waals surface area contributed by atoms with Crippen LogP contribution in [0.1, 0.15) is 26.3 Å². The average molecular weight is 627 g/mol. The Bertz CT molecular complexity index is 1670. The summed E-state index contributed by atoms with van der Waals surface area (Å²) in [5, 5.41) is 5.45. The number of carbonyl (C=O) groups excluding carboxylic acids is 1. The summed E-state index contributed by atoms with van der Waals surface area (Å²) < 4.78 is 46.2. The molecule has 2 heterocycles. The number of hydrogen-bond donors (Lipinski definition) is 3. The Labute approximate surface area is 254 Å². The van der Waals surface area contributed by atoms with Crippen molar-refractivity contribution in [2.75, 3.05) is 30.3 Å². The molecule has 0 bridgehead atoms. The molecule has 12 nitrogen and oxygen atoms in total. The van der Waals surface area contributed by atoms with Gasteiger partial charge in [-0.15, -0.1) is 0 Å². The zero-order valence-corrected chi connectivity index (χ0v) is 25.5. The maximum absolute atomic E-state index is 13.4. The maximum atomic E-state index is 13.4. The van der Waals surface area contributed by atoms with Crippen molar-refractivity contribution in [2.45, 2.75) is 31.1 Å². The molecule has 0 saturated heterocycles. The monoisotopic (exact) mass is 626 g/mol. The van der Waals surface area contributed by atoms with Gasteiger partial charge in [-0.05, 0) is 47.4 Å². The van der Waals surface area contributed by atoms with Gasteiger partial charge in [0.05, 0.1) is 23.6 Å². The fourth-order valence-corrected chi connectivity index (χ4v) is 4.82. The number of amides is 2. The maximum Gasteiger partial charge on any atom is 0.320 e. The van der Waals surface area contributed by atoms with Gasteiger partial charge in [0.25, 0.3) is 15.9 Å². The molecule has 0 unspecified atom stereocenters. The summed E-state index contributed by atoms with van der Waals surface area (Å²) in [6.07, 6.45) is 2.67. The van der Waals surface area contributed by atoms with Gasteiger partial charge in [-0.25, -0.2) is 23.2 Å². The molecule has 0 atom stereocenters. The van der Waals surface area contributed by atoms with E-state index in [9.17, 15) is 13.2 Å². The van der Waals surface area contributed by atoms with Crippen LogP contribution in [0.15, 0.2) is 78.1 Å². The van der Waals surface area contributed by atoms with E-state index in [2.05, 4.69) is 30.3 Å². The number of nitrogens with one attached hydrogen (secondary N) is 3. The van der Waals surface area contributed by atoms with Crippen molar-refractivity contribution in [3.05, 3.63) is 83.8 Å². The third-order valence-electron chi connectivity index (χ3n) is 5.92. The van der Waals surface area contributed by atoms with Crippen molar-refractivity contribution >= 4 is 39.3 Å². The fourth-order valence-electron chi connectivity index (χ4n) is 3.65. The number of ether oxygens (including phenoxy) is 3. The molecule has 3 N–H and O–H groups in total. The van der Waals surface area contributed by atoms with Crippen LogP contribution in [0.4, 0.5) is 16.4 Å². The lowest BCUT2D eigenvalue weighted by atomic mass is 9.87. The highest BCUT2D eigenvalue weighted by molar-refractivity contribution is 7.92. The Morgan fingerprint density at radius 2 is 1.77 bits per heavy atom. The minimum absolute atomic E-state index is 0.0232. The molecule has 226 valence electrons. The smallest absolute Gasteiger partial charge is 0.320 e. The van der Waals surface area contributed by atoms with Crippen molar-refractivity contribution in [2.24, 2.45) is 0 Å². The summed E-state index contributed by atoms with van der Waals surface area (Å²) in [5.74, 6) is 0.538. The molecule has 43 heavy (non-hydrogen) atoms. The lowest BCUT2D eigenvalue weighted by molar-refractivity contribution is 0.245. The van der Waals surface area contributed by atoms with E-state index >= 15 is 0 Å². The Morgan fingerprint density at radius 3 is 2.44 bits per heavy atom. The zero-order chi connectivity index (χ0) is 31.0. The van der Waals surface area contributed by atoms with Crippen molar-refractivity contribution < 1.29 is 27.4 Å². The fraction of sp³-hybridized carbons (Fsp3) is 0.241. The van der Waals surface area contributed by atoms with E-state index in [1.165, 1.54) is 25.3 Å². The first-order chi connectivity index (χ1) is 20.5. The van der Waals surface area contributed by atoms with Crippen LogP contribution in [0.5, 0.6) is 23.1 Å². The van der Waals surface area contributed by atoms with Gasteiger partial charge in [0.2, 0.25) is 5.75 Å². The molecular formula is C29H31ClN6O6S. The lowest BCUT2D eigenvalue weighted by Crippen LogP contribution is -2.32. The predicted molar refractivity (Wildman–Crippen MR) is 163 cm³/mol. The van der Waals surface area contributed by atoms with Crippen LogP contribution in [0.3, 0.4) is 0 Å². The number of anilines is 2. The molecule has 14 heteroatoms. The summed E-state index contributed by atoms with van der Waals surface area (Å²) in [6, 6.07) is 15.9. The topological polar surface area (TPSA) is 154 Å².